The number of nitrogens with one attached hydrogen (secondary N) is 2. The third kappa shape index (κ3) is 8.49. The van der Waals surface area contributed by atoms with Crippen molar-refractivity contribution < 1.29 is 24.6 Å². The van der Waals surface area contributed by atoms with Gasteiger partial charge in [0.25, 0.3) is 0 Å². The third-order valence-electron chi connectivity index (χ3n) is 5.91. The van der Waals surface area contributed by atoms with Gasteiger partial charge in [-0.1, -0.05) is 36.4 Å². The van der Waals surface area contributed by atoms with Crippen molar-refractivity contribution in [3.8, 4) is 0 Å². The Morgan fingerprint density at radius 2 is 1.55 bits per heavy atom. The van der Waals surface area contributed by atoms with Crippen LogP contribution >= 0.6 is 0 Å². The number of unbranched alkanes of at least 4 members (excludes halogenated alkanes) is 1. The highest BCUT2D eigenvalue weighted by Crippen LogP contribution is 2.21. The molecule has 2 aromatic carbocycles. The molecule has 3 rings (SSSR count). The van der Waals surface area contributed by atoms with Gasteiger partial charge in [-0.05, 0) is 60.4 Å². The van der Waals surface area contributed by atoms with Crippen molar-refractivity contribution in [2.45, 2.75) is 38.5 Å². The predicted octanol–water partition coefficient (Wildman–Crippen LogP) is 3.26. The number of hydrogen-bond donors (Lipinski definition) is 4. The van der Waals surface area contributed by atoms with E-state index in [1.54, 1.807) is 5.48 Å². The highest BCUT2D eigenvalue weighted by atomic mass is 16.5. The maximum atomic E-state index is 11.2. The lowest BCUT2D eigenvalue weighted by molar-refractivity contribution is -0.128. The highest BCUT2D eigenvalue weighted by Gasteiger charge is 2.13. The molecular weight excluding hydrogens is 422 g/mol. The van der Waals surface area contributed by atoms with Crippen molar-refractivity contribution in [1.29, 1.82) is 0 Å². The molecule has 8 nitrogen and oxygen atoms in total. The van der Waals surface area contributed by atoms with Crippen molar-refractivity contribution in [3.05, 3.63) is 64.7 Å². The van der Waals surface area contributed by atoms with Gasteiger partial charge in [0.15, 0.2) is 0 Å². The Morgan fingerprint density at radius 3 is 2.21 bits per heavy atom. The van der Waals surface area contributed by atoms with Crippen molar-refractivity contribution in [3.63, 3.8) is 0 Å². The van der Waals surface area contributed by atoms with Crippen LogP contribution in [0.25, 0.3) is 0 Å². The van der Waals surface area contributed by atoms with Gasteiger partial charge in [-0.2, -0.15) is 0 Å². The first-order chi connectivity index (χ1) is 16.0. The van der Waals surface area contributed by atoms with Crippen LogP contribution in [0.2, 0.25) is 0 Å². The fourth-order valence-corrected chi connectivity index (χ4v) is 4.06. The van der Waals surface area contributed by atoms with Gasteiger partial charge in [0.05, 0.1) is 19.6 Å². The van der Waals surface area contributed by atoms with E-state index in [0.29, 0.717) is 5.69 Å². The predicted molar refractivity (Wildman–Crippen MR) is 126 cm³/mol. The number of carbonyl (C=O) groups is 2. The monoisotopic (exact) mass is 455 g/mol. The van der Waals surface area contributed by atoms with E-state index in [9.17, 15) is 9.59 Å². The molecule has 0 spiro atoms. The standard InChI is InChI=1S/C25H33N3O5/c29-24(27-32)18-21-7-5-19(6-8-21)3-1-2-4-20-9-10-23(26-25(30)31)22(17-20)11-12-28-13-15-33-16-14-28/h5-10,17,26,32H,1-4,11-16,18H2,(H,27,29)(H,30,31). The Bertz CT molecular complexity index is 911. The summed E-state index contributed by atoms with van der Waals surface area (Å²) in [5, 5.41) is 20.3. The van der Waals surface area contributed by atoms with Gasteiger partial charge in [0.2, 0.25) is 5.91 Å². The van der Waals surface area contributed by atoms with Gasteiger partial charge in [0.1, 0.15) is 0 Å². The van der Waals surface area contributed by atoms with Crippen LogP contribution < -0.4 is 10.8 Å². The molecule has 8 heteroatoms. The molecule has 0 atom stereocenters. The molecule has 1 aliphatic heterocycles. The molecule has 2 amide bonds. The van der Waals surface area contributed by atoms with Gasteiger partial charge in [-0.15, -0.1) is 0 Å². The van der Waals surface area contributed by atoms with Crippen molar-refractivity contribution >= 4 is 17.7 Å². The average molecular weight is 456 g/mol. The second kappa shape index (κ2) is 12.9. The summed E-state index contributed by atoms with van der Waals surface area (Å²) in [6.07, 6.45) is 3.87. The number of aryl methyl sites for hydroxylation is 2. The molecule has 1 fully saturated rings. The Balaban J connectivity index is 1.50. The molecule has 33 heavy (non-hydrogen) atoms. The zero-order valence-electron chi connectivity index (χ0n) is 18.9. The number of hydroxylamine groups is 1. The van der Waals surface area contributed by atoms with E-state index >= 15 is 0 Å². The fraction of sp³-hybridized carbons (Fsp3) is 0.440. The van der Waals surface area contributed by atoms with Crippen LogP contribution in [-0.2, 0) is 35.2 Å². The quantitative estimate of drug-likeness (QED) is 0.235. The summed E-state index contributed by atoms with van der Waals surface area (Å²) in [7, 11) is 0. The summed E-state index contributed by atoms with van der Waals surface area (Å²) >= 11 is 0. The lowest BCUT2D eigenvalue weighted by Crippen LogP contribution is -2.37. The van der Waals surface area contributed by atoms with Crippen molar-refractivity contribution in [2.24, 2.45) is 0 Å². The Hall–Kier alpha value is -2.94. The zero-order chi connectivity index (χ0) is 23.5. The minimum Gasteiger partial charge on any atom is -0.465 e. The summed E-state index contributed by atoms with van der Waals surface area (Å²) in [4.78, 5) is 24.8. The average Bonchev–Trinajstić information content (AvgIpc) is 2.83. The number of benzene rings is 2. The van der Waals surface area contributed by atoms with Crippen LogP contribution in [0.5, 0.6) is 0 Å². The summed E-state index contributed by atoms with van der Waals surface area (Å²) in [6, 6.07) is 13.9. The molecule has 0 aliphatic carbocycles. The molecule has 1 aliphatic rings. The smallest absolute Gasteiger partial charge is 0.409 e. The molecule has 178 valence electrons. The first-order valence-corrected chi connectivity index (χ1v) is 11.5. The van der Waals surface area contributed by atoms with E-state index in [4.69, 9.17) is 15.1 Å². The number of morpholine rings is 1. The molecule has 1 saturated heterocycles. The number of ether oxygens (including phenoxy) is 1. The summed E-state index contributed by atoms with van der Waals surface area (Å²) in [6.45, 7) is 4.22. The zero-order valence-corrected chi connectivity index (χ0v) is 18.9. The summed E-state index contributed by atoms with van der Waals surface area (Å²) in [5.74, 6) is -0.420. The topological polar surface area (TPSA) is 111 Å². The lowest BCUT2D eigenvalue weighted by atomic mass is 9.99. The molecule has 0 saturated carbocycles. The number of anilines is 1. The van der Waals surface area contributed by atoms with E-state index in [1.165, 1.54) is 11.1 Å². The first-order valence-electron chi connectivity index (χ1n) is 11.5. The third-order valence-corrected chi connectivity index (χ3v) is 5.91. The van der Waals surface area contributed by atoms with E-state index in [0.717, 1.165) is 76.1 Å². The Labute approximate surface area is 194 Å². The van der Waals surface area contributed by atoms with Gasteiger partial charge in [0, 0.05) is 25.3 Å². The minimum absolute atomic E-state index is 0.164. The number of carbonyl (C=O) groups excluding carboxylic acids is 1. The van der Waals surface area contributed by atoms with Gasteiger partial charge in [-0.25, -0.2) is 10.3 Å². The molecular formula is C25H33N3O5. The maximum Gasteiger partial charge on any atom is 0.409 e. The van der Waals surface area contributed by atoms with Crippen LogP contribution in [0.4, 0.5) is 10.5 Å². The summed E-state index contributed by atoms with van der Waals surface area (Å²) < 4.78 is 5.40. The molecule has 2 aromatic rings. The van der Waals surface area contributed by atoms with Crippen LogP contribution in [0, 0.1) is 0 Å². The Kier molecular flexibility index (Phi) is 9.68. The molecule has 0 unspecified atom stereocenters. The number of nitrogens with zero attached hydrogens (tertiary/aromatic N) is 1. The number of hydrogen-bond acceptors (Lipinski definition) is 5. The summed E-state index contributed by atoms with van der Waals surface area (Å²) in [5.41, 5.74) is 6.64. The van der Waals surface area contributed by atoms with Crippen LogP contribution in [0.15, 0.2) is 42.5 Å². The maximum absolute atomic E-state index is 11.2. The highest BCUT2D eigenvalue weighted by molar-refractivity contribution is 5.84. The van der Waals surface area contributed by atoms with Crippen molar-refractivity contribution in [2.75, 3.05) is 38.2 Å². The van der Waals surface area contributed by atoms with Crippen LogP contribution in [-0.4, -0.2) is 60.1 Å². The SMILES string of the molecule is O=C(O)Nc1ccc(CCCCc2ccc(CC(=O)NO)cc2)cc1CCN1CCOCC1. The van der Waals surface area contributed by atoms with Crippen LogP contribution in [0.1, 0.15) is 35.1 Å². The largest absolute Gasteiger partial charge is 0.465 e. The normalized spacial score (nSPS) is 14.1. The number of amides is 2. The molecule has 0 radical (unpaired) electrons. The Morgan fingerprint density at radius 1 is 0.909 bits per heavy atom. The van der Waals surface area contributed by atoms with E-state index in [1.807, 2.05) is 36.4 Å². The van der Waals surface area contributed by atoms with Gasteiger partial charge < -0.3 is 9.84 Å². The molecule has 0 bridgehead atoms. The van der Waals surface area contributed by atoms with Gasteiger partial charge >= 0.3 is 6.09 Å². The molecule has 0 aromatic heterocycles. The van der Waals surface area contributed by atoms with E-state index in [2.05, 4.69) is 16.3 Å². The second-order valence-corrected chi connectivity index (χ2v) is 8.36. The number of rotatable bonds is 11. The van der Waals surface area contributed by atoms with E-state index < -0.39 is 12.0 Å². The van der Waals surface area contributed by atoms with Gasteiger partial charge in [-0.3, -0.25) is 20.2 Å². The number of carboxylic acid groups (broad SMARTS) is 1. The second-order valence-electron chi connectivity index (χ2n) is 8.36. The molecule has 1 heterocycles. The lowest BCUT2D eigenvalue weighted by Gasteiger charge is -2.26. The van der Waals surface area contributed by atoms with Crippen LogP contribution in [0.3, 0.4) is 0 Å². The minimum atomic E-state index is -1.04. The first kappa shape index (κ1) is 24.7. The van der Waals surface area contributed by atoms with Crippen molar-refractivity contribution in [1.82, 2.24) is 10.4 Å². The molecule has 4 N–H and O–H groups in total. The fourth-order valence-electron chi connectivity index (χ4n) is 4.06. The van der Waals surface area contributed by atoms with E-state index in [-0.39, 0.29) is 6.42 Å².